The second-order valence-electron chi connectivity index (χ2n) is 11.2. The summed E-state index contributed by atoms with van der Waals surface area (Å²) in [7, 11) is 0. The minimum Gasteiger partial charge on any atom is -0.303 e. The molecule has 0 saturated heterocycles. The molecule has 0 aromatic rings. The Balaban J connectivity index is 0. The van der Waals surface area contributed by atoms with Crippen LogP contribution < -0.4 is 0 Å². The third kappa shape index (κ3) is 20.9. The number of rotatable bonds is 16. The van der Waals surface area contributed by atoms with Gasteiger partial charge in [0.2, 0.25) is 0 Å². The van der Waals surface area contributed by atoms with Crippen molar-refractivity contribution in [2.24, 2.45) is 23.2 Å². The maximum absolute atomic E-state index is 10.6. The molecule has 0 aliphatic heterocycles. The molecule has 0 heterocycles. The molecule has 0 N–H and O–H groups in total. The number of allylic oxidation sites excluding steroid dienone is 2. The van der Waals surface area contributed by atoms with Gasteiger partial charge in [-0.15, -0.1) is 0 Å². The molecule has 1 aliphatic carbocycles. The smallest absolute Gasteiger partial charge is 0.122 e. The summed E-state index contributed by atoms with van der Waals surface area (Å²) in [5.41, 5.74) is 1.95. The molecular formula is C31H58O3S. The minimum absolute atomic E-state index is 0.218. The van der Waals surface area contributed by atoms with Gasteiger partial charge in [-0.3, -0.25) is 0 Å². The average Bonchev–Trinajstić information content (AvgIpc) is 2.83. The summed E-state index contributed by atoms with van der Waals surface area (Å²) >= 11 is 1.72. The monoisotopic (exact) mass is 510 g/mol. The van der Waals surface area contributed by atoms with Crippen molar-refractivity contribution in [2.75, 3.05) is 6.26 Å². The number of thioether (sulfide) groups is 1. The van der Waals surface area contributed by atoms with Crippen molar-refractivity contribution in [1.82, 2.24) is 0 Å². The predicted molar refractivity (Wildman–Crippen MR) is 156 cm³/mol. The Morgan fingerprint density at radius 1 is 0.943 bits per heavy atom. The highest BCUT2D eigenvalue weighted by Gasteiger charge is 2.32. The average molecular weight is 511 g/mol. The van der Waals surface area contributed by atoms with E-state index in [1.165, 1.54) is 63.4 Å². The molecule has 3 nitrogen and oxygen atoms in total. The summed E-state index contributed by atoms with van der Waals surface area (Å²) in [6, 6.07) is 0. The van der Waals surface area contributed by atoms with E-state index in [1.807, 2.05) is 27.0 Å². The molecule has 1 rings (SSSR count). The Hall–Kier alpha value is -0.900. The molecule has 4 unspecified atom stereocenters. The van der Waals surface area contributed by atoms with Crippen LogP contribution in [0.15, 0.2) is 11.6 Å². The molecule has 35 heavy (non-hydrogen) atoms. The van der Waals surface area contributed by atoms with E-state index in [9.17, 15) is 14.4 Å². The highest BCUT2D eigenvalue weighted by Crippen LogP contribution is 2.43. The van der Waals surface area contributed by atoms with Crippen molar-refractivity contribution >= 4 is 30.6 Å². The highest BCUT2D eigenvalue weighted by molar-refractivity contribution is 7.99. The topological polar surface area (TPSA) is 51.2 Å². The lowest BCUT2D eigenvalue weighted by molar-refractivity contribution is -0.111. The van der Waals surface area contributed by atoms with Gasteiger partial charge in [0.15, 0.2) is 0 Å². The summed E-state index contributed by atoms with van der Waals surface area (Å²) in [5, 5.41) is 0.498. The number of aldehydes is 3. The molecule has 0 bridgehead atoms. The molecule has 0 radical (unpaired) electrons. The van der Waals surface area contributed by atoms with Gasteiger partial charge in [0, 0.05) is 23.5 Å². The van der Waals surface area contributed by atoms with Crippen LogP contribution in [0.2, 0.25) is 0 Å². The second kappa shape index (κ2) is 23.5. The van der Waals surface area contributed by atoms with Crippen LogP contribution in [-0.4, -0.2) is 30.4 Å². The third-order valence-electron chi connectivity index (χ3n) is 7.22. The second-order valence-corrected chi connectivity index (χ2v) is 12.5. The van der Waals surface area contributed by atoms with E-state index in [0.717, 1.165) is 38.1 Å². The van der Waals surface area contributed by atoms with Crippen LogP contribution in [0.25, 0.3) is 0 Å². The van der Waals surface area contributed by atoms with Gasteiger partial charge in [0.25, 0.3) is 0 Å². The SMILES string of the molecule is CC1=CCCC(C)(C)C1CCC(C)C=O.CCCCCCCCCC(C)C=O.CSC(C)CC=O. The van der Waals surface area contributed by atoms with Crippen LogP contribution >= 0.6 is 11.8 Å². The van der Waals surface area contributed by atoms with E-state index in [0.29, 0.717) is 23.0 Å². The van der Waals surface area contributed by atoms with E-state index in [4.69, 9.17) is 0 Å². The van der Waals surface area contributed by atoms with Gasteiger partial charge in [0.05, 0.1) is 0 Å². The normalized spacial score (nSPS) is 19.0. The van der Waals surface area contributed by atoms with Crippen molar-refractivity contribution in [3.63, 3.8) is 0 Å². The van der Waals surface area contributed by atoms with Crippen LogP contribution in [0.5, 0.6) is 0 Å². The zero-order valence-corrected chi connectivity index (χ0v) is 25.3. The van der Waals surface area contributed by atoms with Gasteiger partial charge in [-0.1, -0.05) is 98.1 Å². The summed E-state index contributed by atoms with van der Waals surface area (Å²) in [6.07, 6.45) is 23.3. The number of carbonyl (C=O) groups excluding carboxylic acids is 3. The fraction of sp³-hybridized carbons (Fsp3) is 0.839. The number of hydrogen-bond acceptors (Lipinski definition) is 4. The largest absolute Gasteiger partial charge is 0.303 e. The van der Waals surface area contributed by atoms with Crippen LogP contribution in [0.4, 0.5) is 0 Å². The molecule has 0 aromatic heterocycles. The van der Waals surface area contributed by atoms with Crippen LogP contribution in [0.1, 0.15) is 132 Å². The summed E-state index contributed by atoms with van der Waals surface area (Å²) in [6.45, 7) is 15.3. The standard InChI is InChI=1S/C14H24O.C12H24O.C5H10OS/c1-11(10-15)7-8-13-12(2)6-5-9-14(13,3)4;1-3-4-5-6-7-8-9-10-12(2)11-13;1-5(7-2)3-4-6/h6,10-11,13H,5,7-9H2,1-4H3;11-12H,3-10H2,1-2H3;4-5H,3H2,1-2H3. The first-order valence-corrected chi connectivity index (χ1v) is 15.4. The maximum Gasteiger partial charge on any atom is 0.122 e. The van der Waals surface area contributed by atoms with Crippen molar-refractivity contribution in [3.05, 3.63) is 11.6 Å². The van der Waals surface area contributed by atoms with Crippen LogP contribution in [0.3, 0.4) is 0 Å². The van der Waals surface area contributed by atoms with E-state index in [1.54, 1.807) is 11.8 Å². The molecule has 0 saturated carbocycles. The Labute approximate surface area is 223 Å². The minimum atomic E-state index is 0.218. The van der Waals surface area contributed by atoms with Crippen molar-refractivity contribution < 1.29 is 14.4 Å². The fourth-order valence-corrected chi connectivity index (χ4v) is 4.71. The highest BCUT2D eigenvalue weighted by atomic mass is 32.2. The van der Waals surface area contributed by atoms with Gasteiger partial charge in [-0.2, -0.15) is 11.8 Å². The first-order valence-electron chi connectivity index (χ1n) is 14.1. The number of unbranched alkanes of at least 4 members (excludes halogenated alkanes) is 6. The van der Waals surface area contributed by atoms with Gasteiger partial charge < -0.3 is 14.4 Å². The number of carbonyl (C=O) groups is 3. The first-order chi connectivity index (χ1) is 16.6. The Bertz CT molecular complexity index is 555. The molecule has 206 valence electrons. The van der Waals surface area contributed by atoms with E-state index < -0.39 is 0 Å². The van der Waals surface area contributed by atoms with Gasteiger partial charge >= 0.3 is 0 Å². The van der Waals surface area contributed by atoms with Crippen LogP contribution in [-0.2, 0) is 14.4 Å². The van der Waals surface area contributed by atoms with Gasteiger partial charge in [-0.05, 0) is 56.6 Å². The Morgan fingerprint density at radius 3 is 1.94 bits per heavy atom. The fourth-order valence-electron chi connectivity index (χ4n) is 4.44. The Morgan fingerprint density at radius 2 is 1.49 bits per heavy atom. The predicted octanol–water partition coefficient (Wildman–Crippen LogP) is 9.27. The van der Waals surface area contributed by atoms with Crippen LogP contribution in [0, 0.1) is 23.2 Å². The molecule has 4 atom stereocenters. The van der Waals surface area contributed by atoms with Gasteiger partial charge in [0.1, 0.15) is 18.9 Å². The lowest BCUT2D eigenvalue weighted by atomic mass is 9.66. The number of hydrogen-bond donors (Lipinski definition) is 0. The molecule has 0 amide bonds. The summed E-state index contributed by atoms with van der Waals surface area (Å²) in [5.74, 6) is 1.17. The van der Waals surface area contributed by atoms with Gasteiger partial charge in [-0.25, -0.2) is 0 Å². The summed E-state index contributed by atoms with van der Waals surface area (Å²) < 4.78 is 0. The molecule has 0 spiro atoms. The lowest BCUT2D eigenvalue weighted by Gasteiger charge is -2.39. The summed E-state index contributed by atoms with van der Waals surface area (Å²) in [4.78, 5) is 30.7. The van der Waals surface area contributed by atoms with E-state index in [-0.39, 0.29) is 11.8 Å². The van der Waals surface area contributed by atoms with E-state index >= 15 is 0 Å². The third-order valence-corrected chi connectivity index (χ3v) is 8.21. The molecule has 0 fully saturated rings. The zero-order chi connectivity index (χ0) is 27.1. The molecule has 0 aromatic carbocycles. The van der Waals surface area contributed by atoms with Crippen molar-refractivity contribution in [3.8, 4) is 0 Å². The van der Waals surface area contributed by atoms with Crippen molar-refractivity contribution in [1.29, 1.82) is 0 Å². The lowest BCUT2D eigenvalue weighted by Crippen LogP contribution is -2.28. The van der Waals surface area contributed by atoms with E-state index in [2.05, 4.69) is 33.8 Å². The Kier molecular flexibility index (Phi) is 24.3. The van der Waals surface area contributed by atoms with Crippen molar-refractivity contribution in [2.45, 2.75) is 137 Å². The molecule has 1 aliphatic rings. The zero-order valence-electron chi connectivity index (χ0n) is 24.4. The molecule has 4 heteroatoms. The quantitative estimate of drug-likeness (QED) is 0.118. The maximum atomic E-state index is 10.6. The molecular weight excluding hydrogens is 452 g/mol. The first kappa shape index (κ1) is 36.3.